The lowest BCUT2D eigenvalue weighted by Crippen LogP contribution is -2.35. The fourth-order valence-electron chi connectivity index (χ4n) is 4.41. The molecule has 1 fully saturated rings. The van der Waals surface area contributed by atoms with E-state index in [1.165, 1.54) is 12.8 Å². The van der Waals surface area contributed by atoms with Crippen LogP contribution in [0.5, 0.6) is 0 Å². The number of oxazole rings is 1. The Kier molecular flexibility index (Phi) is 5.61. The molecule has 0 saturated carbocycles. The molecule has 1 saturated heterocycles. The number of nitrogens with zero attached hydrogens (tertiary/aromatic N) is 3. The molecule has 2 aromatic heterocycles. The summed E-state index contributed by atoms with van der Waals surface area (Å²) in [5, 5.41) is 0. The molecule has 1 unspecified atom stereocenters. The number of benzene rings is 1. The van der Waals surface area contributed by atoms with Crippen LogP contribution in [0.3, 0.4) is 0 Å². The van der Waals surface area contributed by atoms with Crippen LogP contribution >= 0.6 is 0 Å². The standard InChI is InChI=1S/C24H27N3O4/c1-29-22(17-7-3-2-4-8-17)23-25-19-16-27(14-11-20(19)31-23)24(28)21-10-9-18(30-21)15-26-12-5-6-13-26/h2-4,7-10,22H,5-6,11-16H2,1H3. The Balaban J connectivity index is 1.28. The fraction of sp³-hybridized carbons (Fsp3) is 0.417. The van der Waals surface area contributed by atoms with Crippen LogP contribution in [0.1, 0.15) is 58.2 Å². The summed E-state index contributed by atoms with van der Waals surface area (Å²) >= 11 is 0. The predicted molar refractivity (Wildman–Crippen MR) is 113 cm³/mol. The molecule has 0 bridgehead atoms. The van der Waals surface area contributed by atoms with E-state index in [2.05, 4.69) is 9.88 Å². The van der Waals surface area contributed by atoms with Gasteiger partial charge in [0.25, 0.3) is 5.91 Å². The number of hydrogen-bond donors (Lipinski definition) is 0. The average molecular weight is 421 g/mol. The molecule has 7 nitrogen and oxygen atoms in total. The number of furan rings is 1. The molecule has 0 radical (unpaired) electrons. The van der Waals surface area contributed by atoms with Crippen LogP contribution in [0.15, 0.2) is 51.3 Å². The summed E-state index contributed by atoms with van der Waals surface area (Å²) in [5.74, 6) is 2.48. The van der Waals surface area contributed by atoms with Crippen LogP contribution in [-0.4, -0.2) is 47.4 Å². The van der Waals surface area contributed by atoms with Gasteiger partial charge in [0.15, 0.2) is 11.9 Å². The first-order valence-electron chi connectivity index (χ1n) is 10.9. The highest BCUT2D eigenvalue weighted by Crippen LogP contribution is 2.29. The zero-order valence-electron chi connectivity index (χ0n) is 17.8. The molecule has 1 amide bonds. The van der Waals surface area contributed by atoms with Gasteiger partial charge in [-0.15, -0.1) is 0 Å². The summed E-state index contributed by atoms with van der Waals surface area (Å²) in [6.07, 6.45) is 2.72. The lowest BCUT2D eigenvalue weighted by atomic mass is 10.1. The molecule has 0 N–H and O–H groups in total. The molecule has 2 aliphatic rings. The van der Waals surface area contributed by atoms with Gasteiger partial charge in [0.2, 0.25) is 5.89 Å². The van der Waals surface area contributed by atoms with Gasteiger partial charge in [-0.3, -0.25) is 9.69 Å². The third-order valence-corrected chi connectivity index (χ3v) is 6.04. The second-order valence-corrected chi connectivity index (χ2v) is 8.17. The first-order valence-corrected chi connectivity index (χ1v) is 10.9. The number of methoxy groups -OCH3 is 1. The van der Waals surface area contributed by atoms with Crippen molar-refractivity contribution in [1.29, 1.82) is 0 Å². The number of likely N-dealkylation sites (tertiary alicyclic amines) is 1. The molecule has 0 aliphatic carbocycles. The van der Waals surface area contributed by atoms with Crippen molar-refractivity contribution in [2.24, 2.45) is 0 Å². The van der Waals surface area contributed by atoms with Crippen LogP contribution < -0.4 is 0 Å². The van der Waals surface area contributed by atoms with E-state index in [-0.39, 0.29) is 12.0 Å². The Morgan fingerprint density at radius 2 is 1.90 bits per heavy atom. The summed E-state index contributed by atoms with van der Waals surface area (Å²) in [6, 6.07) is 13.6. The summed E-state index contributed by atoms with van der Waals surface area (Å²) in [7, 11) is 1.65. The van der Waals surface area contributed by atoms with Gasteiger partial charge in [-0.25, -0.2) is 4.98 Å². The molecule has 7 heteroatoms. The molecule has 162 valence electrons. The highest BCUT2D eigenvalue weighted by Gasteiger charge is 2.30. The number of carbonyl (C=O) groups excluding carboxylic acids is 1. The van der Waals surface area contributed by atoms with E-state index in [9.17, 15) is 4.79 Å². The second-order valence-electron chi connectivity index (χ2n) is 8.17. The van der Waals surface area contributed by atoms with Crippen LogP contribution in [0.2, 0.25) is 0 Å². The molecule has 2 aliphatic heterocycles. The lowest BCUT2D eigenvalue weighted by molar-refractivity contribution is 0.0691. The highest BCUT2D eigenvalue weighted by atomic mass is 16.5. The Bertz CT molecular complexity index is 1040. The predicted octanol–water partition coefficient (Wildman–Crippen LogP) is 3.80. The van der Waals surface area contributed by atoms with E-state index in [4.69, 9.17) is 13.6 Å². The number of amides is 1. The first-order chi connectivity index (χ1) is 15.2. The van der Waals surface area contributed by atoms with Crippen molar-refractivity contribution in [2.75, 3.05) is 26.7 Å². The number of rotatable bonds is 6. The van der Waals surface area contributed by atoms with Gasteiger partial charge in [-0.2, -0.15) is 0 Å². The van der Waals surface area contributed by atoms with Crippen LogP contribution in [-0.2, 0) is 24.2 Å². The third kappa shape index (κ3) is 4.16. The quantitative estimate of drug-likeness (QED) is 0.603. The largest absolute Gasteiger partial charge is 0.455 e. The maximum Gasteiger partial charge on any atom is 0.289 e. The zero-order chi connectivity index (χ0) is 21.2. The molecule has 1 atom stereocenters. The minimum absolute atomic E-state index is 0.103. The number of aromatic nitrogens is 1. The number of ether oxygens (including phenoxy) is 1. The number of hydrogen-bond acceptors (Lipinski definition) is 6. The molecule has 0 spiro atoms. The van der Waals surface area contributed by atoms with E-state index < -0.39 is 0 Å². The van der Waals surface area contributed by atoms with E-state index in [0.29, 0.717) is 31.2 Å². The topological polar surface area (TPSA) is 72.0 Å². The normalized spacial score (nSPS) is 17.6. The smallest absolute Gasteiger partial charge is 0.289 e. The van der Waals surface area contributed by atoms with E-state index in [0.717, 1.165) is 42.4 Å². The Morgan fingerprint density at radius 1 is 1.10 bits per heavy atom. The van der Waals surface area contributed by atoms with E-state index in [1.807, 2.05) is 36.4 Å². The molecule has 1 aromatic carbocycles. The van der Waals surface area contributed by atoms with Crippen molar-refractivity contribution in [1.82, 2.24) is 14.8 Å². The minimum Gasteiger partial charge on any atom is -0.455 e. The van der Waals surface area contributed by atoms with Gasteiger partial charge in [0.1, 0.15) is 17.2 Å². The van der Waals surface area contributed by atoms with Crippen LogP contribution in [0, 0.1) is 0 Å². The van der Waals surface area contributed by atoms with Crippen molar-refractivity contribution in [3.05, 3.63) is 76.9 Å². The van der Waals surface area contributed by atoms with Crippen molar-refractivity contribution in [3.8, 4) is 0 Å². The minimum atomic E-state index is -0.367. The van der Waals surface area contributed by atoms with Crippen molar-refractivity contribution < 1.29 is 18.4 Å². The second kappa shape index (κ2) is 8.69. The summed E-state index contributed by atoms with van der Waals surface area (Å²) < 4.78 is 17.5. The van der Waals surface area contributed by atoms with Gasteiger partial charge in [0, 0.05) is 20.1 Å². The van der Waals surface area contributed by atoms with Crippen LogP contribution in [0.25, 0.3) is 0 Å². The zero-order valence-corrected chi connectivity index (χ0v) is 17.8. The van der Waals surface area contributed by atoms with Gasteiger partial charge in [-0.1, -0.05) is 30.3 Å². The number of carbonyl (C=O) groups is 1. The Morgan fingerprint density at radius 3 is 2.68 bits per heavy atom. The van der Waals surface area contributed by atoms with E-state index in [1.54, 1.807) is 18.1 Å². The van der Waals surface area contributed by atoms with Crippen molar-refractivity contribution >= 4 is 5.91 Å². The lowest BCUT2D eigenvalue weighted by Gasteiger charge is -2.24. The van der Waals surface area contributed by atoms with E-state index >= 15 is 0 Å². The monoisotopic (exact) mass is 421 g/mol. The third-order valence-electron chi connectivity index (χ3n) is 6.04. The summed E-state index contributed by atoms with van der Waals surface area (Å²) in [6.45, 7) is 3.94. The first kappa shape index (κ1) is 20.0. The maximum atomic E-state index is 13.0. The highest BCUT2D eigenvalue weighted by molar-refractivity contribution is 5.91. The van der Waals surface area contributed by atoms with Crippen molar-refractivity contribution in [2.45, 2.75) is 38.5 Å². The molecule has 4 heterocycles. The molecule has 5 rings (SSSR count). The number of fused-ring (bicyclic) bond motifs is 1. The molecule has 31 heavy (non-hydrogen) atoms. The Labute approximate surface area is 181 Å². The summed E-state index contributed by atoms with van der Waals surface area (Å²) in [5.41, 5.74) is 1.77. The van der Waals surface area contributed by atoms with Gasteiger partial charge in [0.05, 0.1) is 13.1 Å². The van der Waals surface area contributed by atoms with Gasteiger partial charge in [-0.05, 0) is 43.6 Å². The SMILES string of the molecule is COC(c1ccccc1)c1nc2c(o1)CCN(C(=O)c1ccc(CN3CCCC3)o1)C2. The fourth-order valence-corrected chi connectivity index (χ4v) is 4.41. The van der Waals surface area contributed by atoms with Gasteiger partial charge >= 0.3 is 0 Å². The maximum absolute atomic E-state index is 13.0. The van der Waals surface area contributed by atoms with Gasteiger partial charge < -0.3 is 18.5 Å². The summed E-state index contributed by atoms with van der Waals surface area (Å²) in [4.78, 5) is 21.8. The molecular weight excluding hydrogens is 394 g/mol. The molecular formula is C24H27N3O4. The Hall–Kier alpha value is -2.90. The van der Waals surface area contributed by atoms with Crippen molar-refractivity contribution in [3.63, 3.8) is 0 Å². The molecule has 3 aromatic rings. The van der Waals surface area contributed by atoms with Crippen LogP contribution in [0.4, 0.5) is 0 Å². The average Bonchev–Trinajstić information content (AvgIpc) is 3.55.